The predicted octanol–water partition coefficient (Wildman–Crippen LogP) is 2.32. The minimum atomic E-state index is 0.387. The van der Waals surface area contributed by atoms with Gasteiger partial charge < -0.3 is 4.74 Å². The van der Waals surface area contributed by atoms with Crippen LogP contribution in [-0.2, 0) is 5.88 Å². The van der Waals surface area contributed by atoms with Gasteiger partial charge in [-0.2, -0.15) is 0 Å². The molecule has 0 saturated heterocycles. The molecular formula is C11H12ClN3O. The summed E-state index contributed by atoms with van der Waals surface area (Å²) in [7, 11) is 1.65. The second-order valence-corrected chi connectivity index (χ2v) is 3.69. The minimum Gasteiger partial charge on any atom is -0.496 e. The average Bonchev–Trinajstić information content (AvgIpc) is 2.77. The molecule has 1 heterocycles. The lowest BCUT2D eigenvalue weighted by Crippen LogP contribution is -2.01. The van der Waals surface area contributed by atoms with Crippen molar-refractivity contribution in [2.45, 2.75) is 12.8 Å². The smallest absolute Gasteiger partial charge is 0.121 e. The molecule has 0 amide bonds. The van der Waals surface area contributed by atoms with E-state index in [1.54, 1.807) is 18.0 Å². The van der Waals surface area contributed by atoms with E-state index in [-0.39, 0.29) is 0 Å². The summed E-state index contributed by atoms with van der Waals surface area (Å²) in [6.45, 7) is 1.99. The van der Waals surface area contributed by atoms with Gasteiger partial charge in [-0.15, -0.1) is 16.7 Å². The Balaban J connectivity index is 2.45. The molecule has 5 heteroatoms. The topological polar surface area (TPSA) is 39.9 Å². The van der Waals surface area contributed by atoms with Gasteiger partial charge in [0, 0.05) is 0 Å². The van der Waals surface area contributed by atoms with Crippen molar-refractivity contribution < 1.29 is 4.74 Å². The van der Waals surface area contributed by atoms with E-state index >= 15 is 0 Å². The molecule has 1 aromatic heterocycles. The Hall–Kier alpha value is -1.55. The number of benzene rings is 1. The molecule has 0 aliphatic rings. The largest absolute Gasteiger partial charge is 0.496 e. The summed E-state index contributed by atoms with van der Waals surface area (Å²) in [4.78, 5) is 0. The second kappa shape index (κ2) is 4.53. The molecule has 0 unspecified atom stereocenters. The van der Waals surface area contributed by atoms with Crippen molar-refractivity contribution >= 4 is 11.6 Å². The van der Waals surface area contributed by atoms with E-state index in [1.165, 1.54) is 0 Å². The first-order valence-corrected chi connectivity index (χ1v) is 5.40. The molecule has 16 heavy (non-hydrogen) atoms. The van der Waals surface area contributed by atoms with Crippen molar-refractivity contribution in [3.63, 3.8) is 0 Å². The fourth-order valence-corrected chi connectivity index (χ4v) is 1.74. The highest BCUT2D eigenvalue weighted by atomic mass is 35.5. The molecule has 0 atom stereocenters. The van der Waals surface area contributed by atoms with Crippen LogP contribution in [0.5, 0.6) is 5.75 Å². The first-order valence-electron chi connectivity index (χ1n) is 4.87. The first-order chi connectivity index (χ1) is 7.76. The first kappa shape index (κ1) is 11.0. The van der Waals surface area contributed by atoms with Crippen molar-refractivity contribution in [2.75, 3.05) is 7.11 Å². The maximum Gasteiger partial charge on any atom is 0.121 e. The molecule has 0 spiro atoms. The van der Waals surface area contributed by atoms with Gasteiger partial charge in [-0.25, -0.2) is 4.68 Å². The maximum absolute atomic E-state index is 5.80. The molecule has 0 aliphatic carbocycles. The molecular weight excluding hydrogens is 226 g/mol. The van der Waals surface area contributed by atoms with Crippen LogP contribution in [0.2, 0.25) is 0 Å². The van der Waals surface area contributed by atoms with Gasteiger partial charge in [-0.05, 0) is 30.7 Å². The van der Waals surface area contributed by atoms with Crippen LogP contribution in [0.1, 0.15) is 11.3 Å². The average molecular weight is 238 g/mol. The lowest BCUT2D eigenvalue weighted by atomic mass is 10.2. The number of alkyl halides is 1. The fraction of sp³-hybridized carbons (Fsp3) is 0.273. The number of halogens is 1. The number of aryl methyl sites for hydroxylation is 1. The van der Waals surface area contributed by atoms with Gasteiger partial charge in [0.2, 0.25) is 0 Å². The van der Waals surface area contributed by atoms with Crippen LogP contribution >= 0.6 is 11.6 Å². The van der Waals surface area contributed by atoms with Crippen LogP contribution in [0.25, 0.3) is 5.69 Å². The quantitative estimate of drug-likeness (QED) is 0.770. The van der Waals surface area contributed by atoms with Gasteiger partial charge >= 0.3 is 0 Å². The van der Waals surface area contributed by atoms with E-state index in [9.17, 15) is 0 Å². The minimum absolute atomic E-state index is 0.387. The lowest BCUT2D eigenvalue weighted by molar-refractivity contribution is 0.411. The Morgan fingerprint density at radius 3 is 2.88 bits per heavy atom. The number of aromatic nitrogens is 3. The van der Waals surface area contributed by atoms with Crippen LogP contribution in [0.3, 0.4) is 0 Å². The molecule has 0 fully saturated rings. The number of nitrogens with zero attached hydrogens (tertiary/aromatic N) is 3. The molecule has 2 aromatic rings. The molecule has 0 radical (unpaired) electrons. The molecule has 0 bridgehead atoms. The standard InChI is InChI=1S/C11H12ClN3O/c1-8-5-9(3-4-11(8)16-2)15-10(6-12)7-13-14-15/h3-5,7H,6H2,1-2H3. The highest BCUT2D eigenvalue weighted by Gasteiger charge is 2.06. The van der Waals surface area contributed by atoms with Gasteiger partial charge in [-0.3, -0.25) is 0 Å². The van der Waals surface area contributed by atoms with Crippen LogP contribution < -0.4 is 4.74 Å². The van der Waals surface area contributed by atoms with Crippen molar-refractivity contribution in [1.29, 1.82) is 0 Å². The van der Waals surface area contributed by atoms with Crippen molar-refractivity contribution in [1.82, 2.24) is 15.0 Å². The zero-order valence-electron chi connectivity index (χ0n) is 9.14. The van der Waals surface area contributed by atoms with Gasteiger partial charge in [0.15, 0.2) is 0 Å². The summed E-state index contributed by atoms with van der Waals surface area (Å²) in [5.41, 5.74) is 2.86. The number of methoxy groups -OCH3 is 1. The normalized spacial score (nSPS) is 10.4. The van der Waals surface area contributed by atoms with Crippen molar-refractivity contribution in [2.24, 2.45) is 0 Å². The molecule has 2 rings (SSSR count). The molecule has 0 saturated carbocycles. The molecule has 0 aliphatic heterocycles. The van der Waals surface area contributed by atoms with Gasteiger partial charge in [-0.1, -0.05) is 5.21 Å². The van der Waals surface area contributed by atoms with Crippen molar-refractivity contribution in [3.8, 4) is 11.4 Å². The summed E-state index contributed by atoms with van der Waals surface area (Å²) < 4.78 is 6.92. The molecule has 1 aromatic carbocycles. The Labute approximate surface area is 98.8 Å². The predicted molar refractivity (Wildman–Crippen MR) is 62.2 cm³/mol. The van der Waals surface area contributed by atoms with E-state index in [2.05, 4.69) is 10.3 Å². The van der Waals surface area contributed by atoms with E-state index < -0.39 is 0 Å². The van der Waals surface area contributed by atoms with E-state index in [4.69, 9.17) is 16.3 Å². The monoisotopic (exact) mass is 237 g/mol. The fourth-order valence-electron chi connectivity index (χ4n) is 1.56. The summed E-state index contributed by atoms with van der Waals surface area (Å²) in [6, 6.07) is 5.82. The second-order valence-electron chi connectivity index (χ2n) is 3.42. The number of ether oxygens (including phenoxy) is 1. The highest BCUT2D eigenvalue weighted by Crippen LogP contribution is 2.21. The SMILES string of the molecule is COc1ccc(-n2nncc2CCl)cc1C. The third-order valence-corrected chi connectivity index (χ3v) is 2.65. The zero-order chi connectivity index (χ0) is 11.5. The van der Waals surface area contributed by atoms with Crippen molar-refractivity contribution in [3.05, 3.63) is 35.7 Å². The molecule has 84 valence electrons. The van der Waals surface area contributed by atoms with E-state index in [0.717, 1.165) is 22.7 Å². The van der Waals surface area contributed by atoms with E-state index in [1.807, 2.05) is 25.1 Å². The third kappa shape index (κ3) is 1.88. The highest BCUT2D eigenvalue weighted by molar-refractivity contribution is 6.16. The van der Waals surface area contributed by atoms with Crippen LogP contribution in [0, 0.1) is 6.92 Å². The summed E-state index contributed by atoms with van der Waals surface area (Å²) >= 11 is 5.80. The Morgan fingerprint density at radius 2 is 2.25 bits per heavy atom. The Bertz CT molecular complexity index is 496. The molecule has 0 N–H and O–H groups in total. The summed E-state index contributed by atoms with van der Waals surface area (Å²) in [5.74, 6) is 1.24. The Morgan fingerprint density at radius 1 is 1.44 bits per heavy atom. The summed E-state index contributed by atoms with van der Waals surface area (Å²) in [6.07, 6.45) is 1.66. The van der Waals surface area contributed by atoms with Crippen LogP contribution in [-0.4, -0.2) is 22.1 Å². The zero-order valence-corrected chi connectivity index (χ0v) is 9.90. The maximum atomic E-state index is 5.80. The lowest BCUT2D eigenvalue weighted by Gasteiger charge is -2.08. The summed E-state index contributed by atoms with van der Waals surface area (Å²) in [5, 5.41) is 7.83. The van der Waals surface area contributed by atoms with Crippen LogP contribution in [0.4, 0.5) is 0 Å². The number of hydrogen-bond acceptors (Lipinski definition) is 3. The van der Waals surface area contributed by atoms with Gasteiger partial charge in [0.25, 0.3) is 0 Å². The molecule has 4 nitrogen and oxygen atoms in total. The number of rotatable bonds is 3. The van der Waals surface area contributed by atoms with E-state index in [0.29, 0.717) is 5.88 Å². The van der Waals surface area contributed by atoms with Gasteiger partial charge in [0.1, 0.15) is 5.75 Å². The van der Waals surface area contributed by atoms with Gasteiger partial charge in [0.05, 0.1) is 30.6 Å². The Kier molecular flexibility index (Phi) is 3.10. The van der Waals surface area contributed by atoms with Crippen LogP contribution in [0.15, 0.2) is 24.4 Å². The third-order valence-electron chi connectivity index (χ3n) is 2.38. The number of hydrogen-bond donors (Lipinski definition) is 0.